The predicted octanol–water partition coefficient (Wildman–Crippen LogP) is 6.58. The van der Waals surface area contributed by atoms with Crippen LogP contribution in [0.25, 0.3) is 0 Å². The van der Waals surface area contributed by atoms with E-state index in [1.165, 1.54) is 17.0 Å². The van der Waals surface area contributed by atoms with Crippen LogP contribution in [0.15, 0.2) is 102 Å². The fourth-order valence-corrected chi connectivity index (χ4v) is 6.77. The summed E-state index contributed by atoms with van der Waals surface area (Å²) in [6.45, 7) is 5.27. The first kappa shape index (κ1) is 33.1. The number of hydrogen-bond donors (Lipinski definition) is 1. The van der Waals surface area contributed by atoms with Crippen molar-refractivity contribution < 1.29 is 18.0 Å². The van der Waals surface area contributed by atoms with Crippen LogP contribution in [0.2, 0.25) is 10.0 Å². The molecule has 1 unspecified atom stereocenters. The minimum Gasteiger partial charge on any atom is -0.355 e. The van der Waals surface area contributed by atoms with Gasteiger partial charge in [0.05, 0.1) is 10.6 Å². The number of carbonyl (C=O) groups is 2. The second-order valence-corrected chi connectivity index (χ2v) is 13.1. The SMILES string of the molecule is CCNC(=O)C(Cc1ccccc1)N(Cc1c(Cl)cccc1Cl)C(=O)CN(c1ccc(C)c(C)c1)S(=O)(=O)c1ccccc1. The molecule has 4 aromatic carbocycles. The summed E-state index contributed by atoms with van der Waals surface area (Å²) in [5.41, 5.74) is 3.46. The summed E-state index contributed by atoms with van der Waals surface area (Å²) in [6.07, 6.45) is 0.190. The van der Waals surface area contributed by atoms with Crippen LogP contribution in [0.3, 0.4) is 0 Å². The van der Waals surface area contributed by atoms with Crippen molar-refractivity contribution in [2.75, 3.05) is 17.4 Å². The topological polar surface area (TPSA) is 86.8 Å². The summed E-state index contributed by atoms with van der Waals surface area (Å²) in [4.78, 5) is 29.5. The number of sulfonamides is 1. The number of halogens is 2. The Labute approximate surface area is 269 Å². The van der Waals surface area contributed by atoms with Crippen LogP contribution < -0.4 is 9.62 Å². The molecule has 1 N–H and O–H groups in total. The Bertz CT molecular complexity index is 1700. The molecule has 0 spiro atoms. The van der Waals surface area contributed by atoms with Crippen molar-refractivity contribution >= 4 is 50.7 Å². The molecule has 0 saturated carbocycles. The van der Waals surface area contributed by atoms with Gasteiger partial charge in [-0.3, -0.25) is 13.9 Å². The van der Waals surface area contributed by atoms with E-state index in [2.05, 4.69) is 5.32 Å². The van der Waals surface area contributed by atoms with Crippen LogP contribution in [0.4, 0.5) is 5.69 Å². The fraction of sp³-hybridized carbons (Fsp3) is 0.235. The van der Waals surface area contributed by atoms with E-state index in [1.807, 2.05) is 50.2 Å². The van der Waals surface area contributed by atoms with Crippen LogP contribution in [0, 0.1) is 13.8 Å². The monoisotopic (exact) mass is 651 g/mol. The van der Waals surface area contributed by atoms with E-state index >= 15 is 0 Å². The van der Waals surface area contributed by atoms with Gasteiger partial charge in [0, 0.05) is 35.1 Å². The lowest BCUT2D eigenvalue weighted by Crippen LogP contribution is -2.53. The highest BCUT2D eigenvalue weighted by atomic mass is 35.5. The maximum atomic E-state index is 14.5. The van der Waals surface area contributed by atoms with Crippen LogP contribution in [0.5, 0.6) is 0 Å². The van der Waals surface area contributed by atoms with E-state index in [0.29, 0.717) is 27.8 Å². The van der Waals surface area contributed by atoms with Crippen LogP contribution >= 0.6 is 23.2 Å². The summed E-state index contributed by atoms with van der Waals surface area (Å²) in [7, 11) is -4.18. The van der Waals surface area contributed by atoms with Gasteiger partial charge in [0.25, 0.3) is 10.0 Å². The maximum Gasteiger partial charge on any atom is 0.264 e. The highest BCUT2D eigenvalue weighted by Gasteiger charge is 2.35. The molecule has 0 aliphatic carbocycles. The minimum atomic E-state index is -4.18. The Morgan fingerprint density at radius 3 is 2.02 bits per heavy atom. The molecule has 7 nitrogen and oxygen atoms in total. The maximum absolute atomic E-state index is 14.5. The first-order valence-electron chi connectivity index (χ1n) is 14.2. The molecule has 0 fully saturated rings. The normalized spacial score (nSPS) is 11.9. The van der Waals surface area contributed by atoms with Crippen molar-refractivity contribution in [2.24, 2.45) is 0 Å². The van der Waals surface area contributed by atoms with Gasteiger partial charge in [-0.15, -0.1) is 0 Å². The Hall–Kier alpha value is -3.85. The molecule has 0 bridgehead atoms. The lowest BCUT2D eigenvalue weighted by molar-refractivity contribution is -0.140. The van der Waals surface area contributed by atoms with Gasteiger partial charge in [-0.05, 0) is 73.9 Å². The number of hydrogen-bond acceptors (Lipinski definition) is 4. The van der Waals surface area contributed by atoms with Crippen molar-refractivity contribution in [1.82, 2.24) is 10.2 Å². The van der Waals surface area contributed by atoms with Gasteiger partial charge in [-0.1, -0.05) is 83.9 Å². The molecule has 4 aromatic rings. The fourth-order valence-electron chi connectivity index (χ4n) is 4.83. The molecule has 10 heteroatoms. The van der Waals surface area contributed by atoms with Crippen LogP contribution in [-0.4, -0.2) is 44.3 Å². The molecule has 1 atom stereocenters. The first-order chi connectivity index (χ1) is 21.0. The molecule has 4 rings (SSSR count). The van der Waals surface area contributed by atoms with E-state index in [9.17, 15) is 18.0 Å². The quantitative estimate of drug-likeness (QED) is 0.187. The molecule has 0 aliphatic rings. The standard InChI is InChI=1S/C34H35Cl2N3O4S/c1-4-37-34(41)32(21-26-12-7-5-8-13-26)38(22-29-30(35)16-11-17-31(29)36)33(40)23-39(27-19-18-24(2)25(3)20-27)44(42,43)28-14-9-6-10-15-28/h5-20,32H,4,21-23H2,1-3H3,(H,37,41). The number of benzene rings is 4. The summed E-state index contributed by atoms with van der Waals surface area (Å²) in [6, 6.07) is 26.5. The van der Waals surface area contributed by atoms with Crippen LogP contribution in [0.1, 0.15) is 29.2 Å². The molecule has 0 radical (unpaired) electrons. The molecule has 0 aliphatic heterocycles. The van der Waals surface area contributed by atoms with E-state index in [4.69, 9.17) is 23.2 Å². The Kier molecular flexibility index (Phi) is 11.1. The number of carbonyl (C=O) groups excluding carboxylic acids is 2. The second-order valence-electron chi connectivity index (χ2n) is 10.4. The molecule has 0 aromatic heterocycles. The Morgan fingerprint density at radius 1 is 0.818 bits per heavy atom. The van der Waals surface area contributed by atoms with E-state index in [0.717, 1.165) is 21.0 Å². The number of nitrogens with one attached hydrogen (secondary N) is 1. The average molecular weight is 653 g/mol. The molecule has 230 valence electrons. The molecule has 0 heterocycles. The third kappa shape index (κ3) is 7.80. The minimum absolute atomic E-state index is 0.0382. The van der Waals surface area contributed by atoms with Crippen molar-refractivity contribution in [3.63, 3.8) is 0 Å². The van der Waals surface area contributed by atoms with Crippen molar-refractivity contribution in [3.8, 4) is 0 Å². The summed E-state index contributed by atoms with van der Waals surface area (Å²) < 4.78 is 29.3. The molecule has 0 saturated heterocycles. The van der Waals surface area contributed by atoms with Crippen LogP contribution in [-0.2, 0) is 32.6 Å². The highest BCUT2D eigenvalue weighted by molar-refractivity contribution is 7.92. The summed E-state index contributed by atoms with van der Waals surface area (Å²) in [5, 5.41) is 3.49. The van der Waals surface area contributed by atoms with Gasteiger partial charge in [0.15, 0.2) is 0 Å². The van der Waals surface area contributed by atoms with E-state index < -0.39 is 28.5 Å². The third-order valence-electron chi connectivity index (χ3n) is 7.40. The van der Waals surface area contributed by atoms with Gasteiger partial charge >= 0.3 is 0 Å². The number of nitrogens with zero attached hydrogens (tertiary/aromatic N) is 2. The first-order valence-corrected chi connectivity index (χ1v) is 16.4. The zero-order chi connectivity index (χ0) is 31.9. The van der Waals surface area contributed by atoms with E-state index in [-0.39, 0.29) is 23.8 Å². The molecule has 2 amide bonds. The second kappa shape index (κ2) is 14.8. The largest absolute Gasteiger partial charge is 0.355 e. The zero-order valence-electron chi connectivity index (χ0n) is 24.8. The lowest BCUT2D eigenvalue weighted by Gasteiger charge is -2.34. The zero-order valence-corrected chi connectivity index (χ0v) is 27.2. The summed E-state index contributed by atoms with van der Waals surface area (Å²) >= 11 is 13.1. The van der Waals surface area contributed by atoms with Crippen molar-refractivity contribution in [2.45, 2.75) is 44.7 Å². The smallest absolute Gasteiger partial charge is 0.264 e. The number of anilines is 1. The van der Waals surface area contributed by atoms with Gasteiger partial charge in [0.2, 0.25) is 11.8 Å². The third-order valence-corrected chi connectivity index (χ3v) is 9.90. The molecular weight excluding hydrogens is 617 g/mol. The average Bonchev–Trinajstić information content (AvgIpc) is 3.01. The Balaban J connectivity index is 1.84. The molecule has 44 heavy (non-hydrogen) atoms. The number of amides is 2. The van der Waals surface area contributed by atoms with Crippen molar-refractivity contribution in [1.29, 1.82) is 0 Å². The van der Waals surface area contributed by atoms with E-state index in [1.54, 1.807) is 55.5 Å². The number of rotatable bonds is 12. The van der Waals surface area contributed by atoms with Crippen molar-refractivity contribution in [3.05, 3.63) is 129 Å². The van der Waals surface area contributed by atoms with Gasteiger partial charge < -0.3 is 10.2 Å². The molecular formula is C34H35Cl2N3O4S. The summed E-state index contributed by atoms with van der Waals surface area (Å²) in [5.74, 6) is -0.970. The van der Waals surface area contributed by atoms with Gasteiger partial charge in [-0.25, -0.2) is 8.42 Å². The predicted molar refractivity (Wildman–Crippen MR) is 177 cm³/mol. The van der Waals surface area contributed by atoms with Gasteiger partial charge in [0.1, 0.15) is 12.6 Å². The Morgan fingerprint density at radius 2 is 1.43 bits per heavy atom. The number of likely N-dealkylation sites (N-methyl/N-ethyl adjacent to an activating group) is 1. The van der Waals surface area contributed by atoms with Gasteiger partial charge in [-0.2, -0.15) is 0 Å². The lowest BCUT2D eigenvalue weighted by atomic mass is 10.0. The highest BCUT2D eigenvalue weighted by Crippen LogP contribution is 2.29. The number of aryl methyl sites for hydroxylation is 2.